The number of nitrogens with zero attached hydrogens (tertiary/aromatic N) is 2. The number of hydrogen-bond acceptors (Lipinski definition) is 4. The fourth-order valence-electron chi connectivity index (χ4n) is 1.69. The minimum Gasteiger partial charge on any atom is -0.373 e. The quantitative estimate of drug-likeness (QED) is 0.862. The second kappa shape index (κ2) is 5.19. The molecule has 0 saturated carbocycles. The maximum atomic E-state index is 9.19. The fraction of sp³-hybridized carbons (Fsp3) is 0.143. The molecule has 0 radical (unpaired) electrons. The number of aryl methyl sites for hydroxylation is 1. The van der Waals surface area contributed by atoms with Crippen molar-refractivity contribution in [2.24, 2.45) is 0 Å². The molecule has 0 aliphatic heterocycles. The standard InChI is InChI=1S/C14H14N4/c1-10-8-13(16-2)18-14(12(10)9-15)17-11-6-4-3-5-7-11/h3-8H,1-2H3,(H2,16,17,18). The third-order valence-electron chi connectivity index (χ3n) is 2.62. The third-order valence-corrected chi connectivity index (χ3v) is 2.62. The second-order valence-corrected chi connectivity index (χ2v) is 3.90. The van der Waals surface area contributed by atoms with Gasteiger partial charge >= 0.3 is 0 Å². The van der Waals surface area contributed by atoms with E-state index in [9.17, 15) is 5.26 Å². The van der Waals surface area contributed by atoms with Crippen molar-refractivity contribution in [3.8, 4) is 6.07 Å². The van der Waals surface area contributed by atoms with Crippen LogP contribution in [0.4, 0.5) is 17.3 Å². The van der Waals surface area contributed by atoms with E-state index in [1.165, 1.54) is 0 Å². The maximum absolute atomic E-state index is 9.19. The molecule has 0 unspecified atom stereocenters. The molecule has 0 aliphatic rings. The van der Waals surface area contributed by atoms with E-state index in [1.807, 2.05) is 43.3 Å². The van der Waals surface area contributed by atoms with E-state index in [0.29, 0.717) is 11.4 Å². The molecule has 2 N–H and O–H groups in total. The average molecular weight is 238 g/mol. The summed E-state index contributed by atoms with van der Waals surface area (Å²) < 4.78 is 0. The third kappa shape index (κ3) is 2.41. The normalized spacial score (nSPS) is 9.61. The van der Waals surface area contributed by atoms with Gasteiger partial charge in [-0.2, -0.15) is 5.26 Å². The van der Waals surface area contributed by atoms with Crippen LogP contribution in [0.25, 0.3) is 0 Å². The zero-order valence-corrected chi connectivity index (χ0v) is 10.4. The lowest BCUT2D eigenvalue weighted by molar-refractivity contribution is 1.23. The second-order valence-electron chi connectivity index (χ2n) is 3.90. The number of aromatic nitrogens is 1. The van der Waals surface area contributed by atoms with E-state index in [4.69, 9.17) is 0 Å². The maximum Gasteiger partial charge on any atom is 0.151 e. The zero-order chi connectivity index (χ0) is 13.0. The van der Waals surface area contributed by atoms with Crippen molar-refractivity contribution < 1.29 is 0 Å². The Morgan fingerprint density at radius 1 is 1.22 bits per heavy atom. The van der Waals surface area contributed by atoms with Gasteiger partial charge in [0, 0.05) is 12.7 Å². The first-order chi connectivity index (χ1) is 8.74. The van der Waals surface area contributed by atoms with E-state index in [-0.39, 0.29) is 0 Å². The van der Waals surface area contributed by atoms with Crippen LogP contribution in [0, 0.1) is 18.3 Å². The Labute approximate surface area is 106 Å². The number of hydrogen-bond donors (Lipinski definition) is 2. The SMILES string of the molecule is CNc1cc(C)c(C#N)c(Nc2ccccc2)n1. The Kier molecular flexibility index (Phi) is 3.44. The van der Waals surface area contributed by atoms with Crippen molar-refractivity contribution in [2.45, 2.75) is 6.92 Å². The monoisotopic (exact) mass is 238 g/mol. The first kappa shape index (κ1) is 11.9. The molecular weight excluding hydrogens is 224 g/mol. The van der Waals surface area contributed by atoms with Crippen LogP contribution in [-0.2, 0) is 0 Å². The molecule has 0 fully saturated rings. The first-order valence-corrected chi connectivity index (χ1v) is 5.66. The molecule has 0 spiro atoms. The predicted molar refractivity (Wildman–Crippen MR) is 73.0 cm³/mol. The van der Waals surface area contributed by atoms with Gasteiger partial charge in [0.05, 0.1) is 5.56 Å². The van der Waals surface area contributed by atoms with Gasteiger partial charge in [-0.15, -0.1) is 0 Å². The largest absolute Gasteiger partial charge is 0.373 e. The molecule has 2 aromatic rings. The highest BCUT2D eigenvalue weighted by molar-refractivity contribution is 5.67. The topological polar surface area (TPSA) is 60.7 Å². The van der Waals surface area contributed by atoms with Crippen LogP contribution in [0.5, 0.6) is 0 Å². The van der Waals surface area contributed by atoms with Gasteiger partial charge in [0.2, 0.25) is 0 Å². The fourth-order valence-corrected chi connectivity index (χ4v) is 1.69. The van der Waals surface area contributed by atoms with Crippen molar-refractivity contribution in [1.29, 1.82) is 5.26 Å². The minimum absolute atomic E-state index is 0.567. The molecule has 1 aromatic carbocycles. The molecule has 18 heavy (non-hydrogen) atoms. The zero-order valence-electron chi connectivity index (χ0n) is 10.4. The number of nitrogens with one attached hydrogen (secondary N) is 2. The predicted octanol–water partition coefficient (Wildman–Crippen LogP) is 3.05. The molecule has 4 heteroatoms. The highest BCUT2D eigenvalue weighted by atomic mass is 15.1. The summed E-state index contributed by atoms with van der Waals surface area (Å²) in [7, 11) is 1.81. The average Bonchev–Trinajstić information content (AvgIpc) is 2.39. The van der Waals surface area contributed by atoms with Crippen LogP contribution in [0.3, 0.4) is 0 Å². The van der Waals surface area contributed by atoms with E-state index in [0.717, 1.165) is 17.1 Å². The molecule has 1 aromatic heterocycles. The number of para-hydroxylation sites is 1. The van der Waals surface area contributed by atoms with Gasteiger partial charge in [-0.05, 0) is 30.7 Å². The van der Waals surface area contributed by atoms with Gasteiger partial charge in [-0.3, -0.25) is 0 Å². The van der Waals surface area contributed by atoms with Crippen LogP contribution < -0.4 is 10.6 Å². The highest BCUT2D eigenvalue weighted by Gasteiger charge is 2.09. The molecule has 0 saturated heterocycles. The lowest BCUT2D eigenvalue weighted by Gasteiger charge is -2.11. The summed E-state index contributed by atoms with van der Waals surface area (Å²) in [6, 6.07) is 13.7. The number of benzene rings is 1. The highest BCUT2D eigenvalue weighted by Crippen LogP contribution is 2.23. The van der Waals surface area contributed by atoms with Crippen molar-refractivity contribution in [2.75, 3.05) is 17.7 Å². The van der Waals surface area contributed by atoms with Gasteiger partial charge in [0.1, 0.15) is 11.9 Å². The van der Waals surface area contributed by atoms with Crippen LogP contribution in [-0.4, -0.2) is 12.0 Å². The Bertz CT molecular complexity index is 585. The first-order valence-electron chi connectivity index (χ1n) is 5.66. The summed E-state index contributed by atoms with van der Waals surface area (Å²) in [5.74, 6) is 1.32. The van der Waals surface area contributed by atoms with Crippen molar-refractivity contribution in [3.05, 3.63) is 47.5 Å². The minimum atomic E-state index is 0.567. The van der Waals surface area contributed by atoms with Gasteiger partial charge in [0.15, 0.2) is 5.82 Å². The van der Waals surface area contributed by atoms with E-state index < -0.39 is 0 Å². The molecule has 0 atom stereocenters. The Hall–Kier alpha value is -2.54. The Morgan fingerprint density at radius 3 is 2.56 bits per heavy atom. The number of pyridine rings is 1. The van der Waals surface area contributed by atoms with Crippen LogP contribution in [0.2, 0.25) is 0 Å². The number of rotatable bonds is 3. The Morgan fingerprint density at radius 2 is 1.94 bits per heavy atom. The molecular formula is C14H14N4. The summed E-state index contributed by atoms with van der Waals surface area (Å²) in [5.41, 5.74) is 2.38. The molecule has 1 heterocycles. The smallest absolute Gasteiger partial charge is 0.151 e. The molecule has 2 rings (SSSR count). The van der Waals surface area contributed by atoms with Gasteiger partial charge in [0.25, 0.3) is 0 Å². The summed E-state index contributed by atoms with van der Waals surface area (Å²) in [6.45, 7) is 1.90. The van der Waals surface area contributed by atoms with Crippen molar-refractivity contribution in [3.63, 3.8) is 0 Å². The van der Waals surface area contributed by atoms with Gasteiger partial charge < -0.3 is 10.6 Å². The summed E-state index contributed by atoms with van der Waals surface area (Å²) in [4.78, 5) is 4.37. The number of nitriles is 1. The van der Waals surface area contributed by atoms with Crippen molar-refractivity contribution >= 4 is 17.3 Å². The van der Waals surface area contributed by atoms with Crippen molar-refractivity contribution in [1.82, 2.24) is 4.98 Å². The summed E-state index contributed by atoms with van der Waals surface area (Å²) in [5, 5.41) is 15.3. The number of anilines is 3. The molecule has 0 amide bonds. The lowest BCUT2D eigenvalue weighted by Crippen LogP contribution is -2.02. The molecule has 0 bridgehead atoms. The molecule has 0 aliphatic carbocycles. The molecule has 4 nitrogen and oxygen atoms in total. The Balaban J connectivity index is 2.43. The van der Waals surface area contributed by atoms with E-state index in [1.54, 1.807) is 7.05 Å². The van der Waals surface area contributed by atoms with E-state index >= 15 is 0 Å². The molecule has 90 valence electrons. The summed E-state index contributed by atoms with van der Waals surface area (Å²) in [6.07, 6.45) is 0. The van der Waals surface area contributed by atoms with Crippen LogP contribution in [0.1, 0.15) is 11.1 Å². The summed E-state index contributed by atoms with van der Waals surface area (Å²) >= 11 is 0. The van der Waals surface area contributed by atoms with Crippen LogP contribution in [0.15, 0.2) is 36.4 Å². The van der Waals surface area contributed by atoms with Crippen LogP contribution >= 0.6 is 0 Å². The van der Waals surface area contributed by atoms with Gasteiger partial charge in [-0.25, -0.2) is 4.98 Å². The van der Waals surface area contributed by atoms with Gasteiger partial charge in [-0.1, -0.05) is 18.2 Å². The van der Waals surface area contributed by atoms with E-state index in [2.05, 4.69) is 21.7 Å². The lowest BCUT2D eigenvalue weighted by atomic mass is 10.1.